The second kappa shape index (κ2) is 11.1. The number of likely N-dealkylation sites (N-methyl/N-ethyl adjacent to an activating group) is 1. The van der Waals surface area contributed by atoms with E-state index in [1.165, 1.54) is 32.9 Å². The summed E-state index contributed by atoms with van der Waals surface area (Å²) in [5, 5.41) is 17.5. The number of rotatable bonds is 9. The standard InChI is InChI=1S/C26H28ClN7O4/c1-26(2,14-35)13-32(3)22(36)12-33-23-18(6-9-21(31-23)34-16-28-15-30-34)10-20(25(33)38)24(37)29-11-17-4-7-19(27)8-5-17/h4-10,15-16,35H,11-14H2,1-3H3,(H,29,37). The minimum atomic E-state index is -0.655. The zero-order valence-corrected chi connectivity index (χ0v) is 22.0. The zero-order chi connectivity index (χ0) is 27.4. The highest BCUT2D eigenvalue weighted by atomic mass is 35.5. The van der Waals surface area contributed by atoms with Crippen molar-refractivity contribution < 1.29 is 14.7 Å². The van der Waals surface area contributed by atoms with Crippen molar-refractivity contribution in [2.24, 2.45) is 5.41 Å². The molecule has 0 bridgehead atoms. The quantitative estimate of drug-likeness (QED) is 0.333. The average Bonchev–Trinajstić information content (AvgIpc) is 3.44. The first-order valence-electron chi connectivity index (χ1n) is 11.8. The average molecular weight is 538 g/mol. The van der Waals surface area contributed by atoms with E-state index in [2.05, 4.69) is 20.4 Å². The molecule has 2 N–H and O–H groups in total. The topological polar surface area (TPSA) is 135 Å². The highest BCUT2D eigenvalue weighted by Crippen LogP contribution is 2.18. The van der Waals surface area contributed by atoms with Gasteiger partial charge in [0, 0.05) is 42.6 Å². The maximum atomic E-state index is 13.6. The Kier molecular flexibility index (Phi) is 7.88. The van der Waals surface area contributed by atoms with Gasteiger partial charge in [-0.2, -0.15) is 5.10 Å². The van der Waals surface area contributed by atoms with Crippen LogP contribution in [0.3, 0.4) is 0 Å². The van der Waals surface area contributed by atoms with Gasteiger partial charge in [0.15, 0.2) is 5.82 Å². The fourth-order valence-electron chi connectivity index (χ4n) is 3.92. The van der Waals surface area contributed by atoms with E-state index in [0.29, 0.717) is 16.2 Å². The van der Waals surface area contributed by atoms with Gasteiger partial charge in [0.05, 0.1) is 0 Å². The predicted molar refractivity (Wildman–Crippen MR) is 142 cm³/mol. The van der Waals surface area contributed by atoms with E-state index in [1.54, 1.807) is 43.4 Å². The van der Waals surface area contributed by atoms with Crippen LogP contribution in [-0.2, 0) is 17.9 Å². The maximum Gasteiger partial charge on any atom is 0.265 e. The lowest BCUT2D eigenvalue weighted by molar-refractivity contribution is -0.132. The van der Waals surface area contributed by atoms with E-state index < -0.39 is 16.9 Å². The van der Waals surface area contributed by atoms with Gasteiger partial charge in [0.2, 0.25) is 5.91 Å². The Morgan fingerprint density at radius 1 is 1.16 bits per heavy atom. The van der Waals surface area contributed by atoms with Gasteiger partial charge >= 0.3 is 0 Å². The number of hydrogen-bond acceptors (Lipinski definition) is 7. The number of aliphatic hydroxyl groups is 1. The molecule has 38 heavy (non-hydrogen) atoms. The lowest BCUT2D eigenvalue weighted by atomic mass is 9.94. The minimum Gasteiger partial charge on any atom is -0.396 e. The Hall–Kier alpha value is -4.09. The number of hydrogen-bond donors (Lipinski definition) is 2. The number of benzene rings is 1. The molecule has 4 aromatic rings. The lowest BCUT2D eigenvalue weighted by Gasteiger charge is -2.28. The highest BCUT2D eigenvalue weighted by Gasteiger charge is 2.24. The summed E-state index contributed by atoms with van der Waals surface area (Å²) in [5.41, 5.74) is -0.267. The van der Waals surface area contributed by atoms with Gasteiger partial charge in [-0.15, -0.1) is 0 Å². The molecular weight excluding hydrogens is 510 g/mol. The first kappa shape index (κ1) is 27.0. The highest BCUT2D eigenvalue weighted by molar-refractivity contribution is 6.30. The molecule has 198 valence electrons. The van der Waals surface area contributed by atoms with E-state index in [1.807, 2.05) is 13.8 Å². The van der Waals surface area contributed by atoms with Crippen molar-refractivity contribution in [1.29, 1.82) is 0 Å². The van der Waals surface area contributed by atoms with Crippen LogP contribution < -0.4 is 10.9 Å². The van der Waals surface area contributed by atoms with E-state index in [9.17, 15) is 19.5 Å². The van der Waals surface area contributed by atoms with Crippen molar-refractivity contribution in [1.82, 2.24) is 34.5 Å². The molecule has 3 heterocycles. The Morgan fingerprint density at radius 2 is 1.89 bits per heavy atom. The lowest BCUT2D eigenvalue weighted by Crippen LogP contribution is -2.41. The zero-order valence-electron chi connectivity index (χ0n) is 21.3. The Labute approximate surface area is 223 Å². The number of fused-ring (bicyclic) bond motifs is 1. The van der Waals surface area contributed by atoms with Gasteiger partial charge in [0.25, 0.3) is 11.5 Å². The van der Waals surface area contributed by atoms with Crippen LogP contribution in [0.25, 0.3) is 16.9 Å². The Morgan fingerprint density at radius 3 is 2.55 bits per heavy atom. The van der Waals surface area contributed by atoms with Crippen molar-refractivity contribution in [3.05, 3.63) is 81.6 Å². The van der Waals surface area contributed by atoms with Crippen LogP contribution in [0.15, 0.2) is 59.9 Å². The van der Waals surface area contributed by atoms with Crippen LogP contribution >= 0.6 is 11.6 Å². The normalized spacial score (nSPS) is 11.5. The van der Waals surface area contributed by atoms with Gasteiger partial charge in [-0.05, 0) is 35.9 Å². The molecule has 0 spiro atoms. The monoisotopic (exact) mass is 537 g/mol. The number of carbonyl (C=O) groups is 2. The summed E-state index contributed by atoms with van der Waals surface area (Å²) in [6.07, 6.45) is 2.82. The smallest absolute Gasteiger partial charge is 0.265 e. The number of carbonyl (C=O) groups excluding carboxylic acids is 2. The molecule has 0 atom stereocenters. The number of nitrogens with zero attached hydrogens (tertiary/aromatic N) is 6. The summed E-state index contributed by atoms with van der Waals surface area (Å²) < 4.78 is 2.62. The van der Waals surface area contributed by atoms with Gasteiger partial charge in [0.1, 0.15) is 30.4 Å². The third-order valence-electron chi connectivity index (χ3n) is 6.00. The third-order valence-corrected chi connectivity index (χ3v) is 6.25. The third kappa shape index (κ3) is 6.06. The van der Waals surface area contributed by atoms with Gasteiger partial charge < -0.3 is 15.3 Å². The molecule has 0 aliphatic heterocycles. The van der Waals surface area contributed by atoms with Crippen LogP contribution in [-0.4, -0.2) is 66.3 Å². The first-order valence-corrected chi connectivity index (χ1v) is 12.2. The number of amides is 2. The van der Waals surface area contributed by atoms with Crippen molar-refractivity contribution in [3.8, 4) is 5.82 Å². The minimum absolute atomic E-state index is 0.112. The van der Waals surface area contributed by atoms with Crippen molar-refractivity contribution in [2.75, 3.05) is 20.2 Å². The molecule has 0 aliphatic carbocycles. The molecule has 12 heteroatoms. The molecule has 1 aromatic carbocycles. The molecular formula is C26H28ClN7O4. The van der Waals surface area contributed by atoms with Crippen molar-refractivity contribution in [2.45, 2.75) is 26.9 Å². The number of aromatic nitrogens is 5. The summed E-state index contributed by atoms with van der Waals surface area (Å²) in [6, 6.07) is 11.8. The van der Waals surface area contributed by atoms with E-state index in [0.717, 1.165) is 5.56 Å². The SMILES string of the molecule is CN(CC(C)(C)CO)C(=O)Cn1c(=O)c(C(=O)NCc2ccc(Cl)cc2)cc2ccc(-n3cncn3)nc21. The van der Waals surface area contributed by atoms with Crippen LogP contribution in [0.5, 0.6) is 0 Å². The second-order valence-corrected chi connectivity index (χ2v) is 10.2. The van der Waals surface area contributed by atoms with Crippen molar-refractivity contribution >= 4 is 34.4 Å². The number of aliphatic hydroxyl groups excluding tert-OH is 1. The Bertz CT molecular complexity index is 1520. The molecule has 0 saturated heterocycles. The summed E-state index contributed by atoms with van der Waals surface area (Å²) in [7, 11) is 1.60. The van der Waals surface area contributed by atoms with Gasteiger partial charge in [-0.1, -0.05) is 37.6 Å². The molecule has 0 fully saturated rings. The molecule has 4 rings (SSSR count). The maximum absolute atomic E-state index is 13.6. The fourth-order valence-corrected chi connectivity index (χ4v) is 4.04. The van der Waals surface area contributed by atoms with E-state index in [-0.39, 0.29) is 43.4 Å². The largest absolute Gasteiger partial charge is 0.396 e. The summed E-state index contributed by atoms with van der Waals surface area (Å²) in [4.78, 5) is 49.7. The molecule has 0 unspecified atom stereocenters. The predicted octanol–water partition coefficient (Wildman–Crippen LogP) is 2.04. The molecule has 0 saturated carbocycles. The molecule has 0 radical (unpaired) electrons. The fraction of sp³-hybridized carbons (Fsp3) is 0.308. The van der Waals surface area contributed by atoms with Crippen molar-refractivity contribution in [3.63, 3.8) is 0 Å². The van der Waals surface area contributed by atoms with E-state index >= 15 is 0 Å². The molecule has 3 aromatic heterocycles. The van der Waals surface area contributed by atoms with Crippen LogP contribution in [0.4, 0.5) is 0 Å². The molecule has 2 amide bonds. The first-order chi connectivity index (χ1) is 18.1. The van der Waals surface area contributed by atoms with Crippen LogP contribution in [0, 0.1) is 5.41 Å². The van der Waals surface area contributed by atoms with Gasteiger partial charge in [-0.25, -0.2) is 14.6 Å². The number of nitrogens with one attached hydrogen (secondary N) is 1. The van der Waals surface area contributed by atoms with E-state index in [4.69, 9.17) is 11.6 Å². The summed E-state index contributed by atoms with van der Waals surface area (Å²) in [6.45, 7) is 3.66. The number of halogens is 1. The van der Waals surface area contributed by atoms with Crippen LogP contribution in [0.2, 0.25) is 5.02 Å². The molecule has 11 nitrogen and oxygen atoms in total. The summed E-state index contributed by atoms with van der Waals surface area (Å²) >= 11 is 5.93. The van der Waals surface area contributed by atoms with Gasteiger partial charge in [-0.3, -0.25) is 19.0 Å². The second-order valence-electron chi connectivity index (χ2n) is 9.75. The number of pyridine rings is 2. The summed E-state index contributed by atoms with van der Waals surface area (Å²) in [5.74, 6) is -0.560. The molecule has 0 aliphatic rings. The van der Waals surface area contributed by atoms with Crippen LogP contribution in [0.1, 0.15) is 29.8 Å². The Balaban J connectivity index is 1.72.